The zero-order valence-corrected chi connectivity index (χ0v) is 19.7. The van der Waals surface area contributed by atoms with Gasteiger partial charge in [0, 0.05) is 18.3 Å². The van der Waals surface area contributed by atoms with Crippen LogP contribution in [0.5, 0.6) is 17.2 Å². The van der Waals surface area contributed by atoms with Crippen LogP contribution in [0.1, 0.15) is 22.6 Å². The first-order chi connectivity index (χ1) is 17.3. The number of hydrogen-bond donors (Lipinski definition) is 0. The van der Waals surface area contributed by atoms with E-state index in [0.717, 1.165) is 17.7 Å². The molecule has 1 atom stereocenters. The lowest BCUT2D eigenvalue weighted by Gasteiger charge is -2.20. The molecule has 5 aromatic rings. The topological polar surface area (TPSA) is 31.4 Å². The van der Waals surface area contributed by atoms with Gasteiger partial charge in [-0.2, -0.15) is 0 Å². The second-order valence-corrected chi connectivity index (χ2v) is 8.43. The van der Waals surface area contributed by atoms with E-state index in [0.29, 0.717) is 11.5 Å². The summed E-state index contributed by atoms with van der Waals surface area (Å²) in [6.45, 7) is 0. The molecule has 0 N–H and O–H groups in total. The molecule has 1 aromatic heterocycles. The lowest BCUT2D eigenvalue weighted by Crippen LogP contribution is -2.06. The summed E-state index contributed by atoms with van der Waals surface area (Å²) in [5.74, 6) is 2.35. The molecule has 0 radical (unpaired) electrons. The molecule has 0 spiro atoms. The minimum atomic E-state index is 0.173. The minimum Gasteiger partial charge on any atom is -0.493 e. The molecule has 3 nitrogen and oxygen atoms in total. The van der Waals surface area contributed by atoms with Gasteiger partial charge in [0.05, 0.1) is 7.11 Å². The second-order valence-electron chi connectivity index (χ2n) is 8.43. The quantitative estimate of drug-likeness (QED) is 0.237. The van der Waals surface area contributed by atoms with Crippen LogP contribution in [0.4, 0.5) is 0 Å². The summed E-state index contributed by atoms with van der Waals surface area (Å²) >= 11 is 0. The van der Waals surface area contributed by atoms with Gasteiger partial charge in [0.2, 0.25) is 0 Å². The fourth-order valence-electron chi connectivity index (χ4n) is 4.33. The fourth-order valence-corrected chi connectivity index (χ4v) is 4.33. The fraction of sp³-hybridized carbons (Fsp3) is 0.0938. The van der Waals surface area contributed by atoms with Crippen molar-refractivity contribution < 1.29 is 9.47 Å². The lowest BCUT2D eigenvalue weighted by molar-refractivity contribution is 0.378. The number of methoxy groups -OCH3 is 1. The summed E-state index contributed by atoms with van der Waals surface area (Å²) in [7, 11) is 1.67. The van der Waals surface area contributed by atoms with E-state index < -0.39 is 0 Å². The SMILES string of the molecule is COc1ccc(C(Cc2ccncc2)c2ccccc2)cc1Oc1ccc(-c2ccccc2)cc1. The molecule has 0 aliphatic heterocycles. The molecule has 0 fully saturated rings. The Kier molecular flexibility index (Phi) is 6.86. The molecule has 0 bridgehead atoms. The Morgan fingerprint density at radius 1 is 0.629 bits per heavy atom. The number of pyridine rings is 1. The van der Waals surface area contributed by atoms with Crippen molar-refractivity contribution in [3.05, 3.63) is 144 Å². The minimum absolute atomic E-state index is 0.173. The Bertz CT molecular complexity index is 1350. The van der Waals surface area contributed by atoms with Gasteiger partial charge in [0.1, 0.15) is 5.75 Å². The first kappa shape index (κ1) is 22.4. The highest BCUT2D eigenvalue weighted by atomic mass is 16.5. The standard InChI is InChI=1S/C32H27NO2/c1-34-31-17-14-28(30(27-10-6-3-7-11-27)22-24-18-20-33-21-19-24)23-32(31)35-29-15-12-26(13-16-29)25-8-4-2-5-9-25/h2-21,23,30H,22H2,1H3. The van der Waals surface area contributed by atoms with E-state index in [9.17, 15) is 0 Å². The molecule has 0 aliphatic rings. The van der Waals surface area contributed by atoms with E-state index in [1.54, 1.807) is 7.11 Å². The van der Waals surface area contributed by atoms with Gasteiger partial charge in [-0.1, -0.05) is 78.9 Å². The number of benzene rings is 4. The monoisotopic (exact) mass is 457 g/mol. The van der Waals surface area contributed by atoms with E-state index >= 15 is 0 Å². The average Bonchev–Trinajstić information content (AvgIpc) is 2.94. The van der Waals surface area contributed by atoms with Crippen LogP contribution in [-0.2, 0) is 6.42 Å². The highest BCUT2D eigenvalue weighted by Gasteiger charge is 2.18. The van der Waals surface area contributed by atoms with Crippen molar-refractivity contribution in [1.82, 2.24) is 4.98 Å². The van der Waals surface area contributed by atoms with E-state index in [4.69, 9.17) is 9.47 Å². The Hall–Kier alpha value is -4.37. The van der Waals surface area contributed by atoms with Crippen molar-refractivity contribution >= 4 is 0 Å². The normalized spacial score (nSPS) is 11.6. The number of aromatic nitrogens is 1. The molecule has 0 amide bonds. The summed E-state index contributed by atoms with van der Waals surface area (Å²) in [5, 5.41) is 0. The second kappa shape index (κ2) is 10.7. The number of hydrogen-bond acceptors (Lipinski definition) is 3. The molecule has 1 unspecified atom stereocenters. The van der Waals surface area contributed by atoms with Crippen molar-refractivity contribution in [2.24, 2.45) is 0 Å². The largest absolute Gasteiger partial charge is 0.493 e. The summed E-state index contributed by atoms with van der Waals surface area (Å²) in [5.41, 5.74) is 6.00. The van der Waals surface area contributed by atoms with Crippen LogP contribution >= 0.6 is 0 Å². The molecular formula is C32H27NO2. The van der Waals surface area contributed by atoms with Gasteiger partial charge in [-0.3, -0.25) is 4.98 Å². The van der Waals surface area contributed by atoms with Gasteiger partial charge >= 0.3 is 0 Å². The third-order valence-electron chi connectivity index (χ3n) is 6.17. The molecule has 5 rings (SSSR count). The van der Waals surface area contributed by atoms with Gasteiger partial charge < -0.3 is 9.47 Å². The van der Waals surface area contributed by atoms with Crippen LogP contribution in [0.3, 0.4) is 0 Å². The highest BCUT2D eigenvalue weighted by molar-refractivity contribution is 5.64. The van der Waals surface area contributed by atoms with Gasteiger partial charge in [0.15, 0.2) is 11.5 Å². The van der Waals surface area contributed by atoms with Crippen LogP contribution < -0.4 is 9.47 Å². The third kappa shape index (κ3) is 5.42. The van der Waals surface area contributed by atoms with Crippen LogP contribution in [0.15, 0.2) is 128 Å². The van der Waals surface area contributed by atoms with E-state index in [2.05, 4.69) is 83.8 Å². The van der Waals surface area contributed by atoms with Gasteiger partial charge in [-0.15, -0.1) is 0 Å². The smallest absolute Gasteiger partial charge is 0.169 e. The number of nitrogens with zero attached hydrogens (tertiary/aromatic N) is 1. The molecule has 1 heterocycles. The van der Waals surface area contributed by atoms with Crippen LogP contribution in [0.25, 0.3) is 11.1 Å². The molecule has 172 valence electrons. The zero-order chi connectivity index (χ0) is 23.9. The van der Waals surface area contributed by atoms with Crippen molar-refractivity contribution in [3.63, 3.8) is 0 Å². The summed E-state index contributed by atoms with van der Waals surface area (Å²) in [6, 6.07) is 39.4. The molecule has 4 aromatic carbocycles. The molecule has 0 aliphatic carbocycles. The van der Waals surface area contributed by atoms with Gasteiger partial charge in [0.25, 0.3) is 0 Å². The van der Waals surface area contributed by atoms with E-state index in [1.165, 1.54) is 22.3 Å². The maximum atomic E-state index is 6.33. The maximum Gasteiger partial charge on any atom is 0.169 e. The summed E-state index contributed by atoms with van der Waals surface area (Å²) in [6.07, 6.45) is 4.56. The van der Waals surface area contributed by atoms with Crippen molar-refractivity contribution in [2.45, 2.75) is 12.3 Å². The molecular weight excluding hydrogens is 430 g/mol. The molecule has 3 heteroatoms. The first-order valence-corrected chi connectivity index (χ1v) is 11.8. The summed E-state index contributed by atoms with van der Waals surface area (Å²) in [4.78, 5) is 4.17. The Morgan fingerprint density at radius 2 is 1.29 bits per heavy atom. The third-order valence-corrected chi connectivity index (χ3v) is 6.17. The summed E-state index contributed by atoms with van der Waals surface area (Å²) < 4.78 is 12.0. The van der Waals surface area contributed by atoms with Crippen LogP contribution in [-0.4, -0.2) is 12.1 Å². The van der Waals surface area contributed by atoms with E-state index in [-0.39, 0.29) is 5.92 Å². The van der Waals surface area contributed by atoms with Gasteiger partial charge in [-0.25, -0.2) is 0 Å². The Labute approximate surface area is 206 Å². The van der Waals surface area contributed by atoms with Crippen molar-refractivity contribution in [1.29, 1.82) is 0 Å². The Balaban J connectivity index is 1.46. The first-order valence-electron chi connectivity index (χ1n) is 11.8. The van der Waals surface area contributed by atoms with Crippen molar-refractivity contribution in [3.8, 4) is 28.4 Å². The maximum absolute atomic E-state index is 6.33. The molecule has 35 heavy (non-hydrogen) atoms. The molecule has 0 saturated heterocycles. The van der Waals surface area contributed by atoms with E-state index in [1.807, 2.05) is 48.8 Å². The predicted octanol–water partition coefficient (Wildman–Crippen LogP) is 7.92. The van der Waals surface area contributed by atoms with Crippen molar-refractivity contribution in [2.75, 3.05) is 7.11 Å². The zero-order valence-electron chi connectivity index (χ0n) is 19.7. The van der Waals surface area contributed by atoms with Crippen LogP contribution in [0.2, 0.25) is 0 Å². The number of rotatable bonds is 8. The molecule has 0 saturated carbocycles. The van der Waals surface area contributed by atoms with Gasteiger partial charge in [-0.05, 0) is 70.6 Å². The number of ether oxygens (including phenoxy) is 2. The highest BCUT2D eigenvalue weighted by Crippen LogP contribution is 2.37. The van der Waals surface area contributed by atoms with Crippen LogP contribution in [0, 0.1) is 0 Å². The predicted molar refractivity (Wildman–Crippen MR) is 141 cm³/mol. The Morgan fingerprint density at radius 3 is 1.97 bits per heavy atom. The lowest BCUT2D eigenvalue weighted by atomic mass is 9.86. The average molecular weight is 458 g/mol.